The molecule has 1 saturated heterocycles. The summed E-state index contributed by atoms with van der Waals surface area (Å²) >= 11 is 0. The van der Waals surface area contributed by atoms with E-state index in [1.807, 2.05) is 25.3 Å². The van der Waals surface area contributed by atoms with Crippen LogP contribution >= 0.6 is 0 Å². The second-order valence-corrected chi connectivity index (χ2v) is 9.95. The lowest BCUT2D eigenvalue weighted by Gasteiger charge is -2.38. The van der Waals surface area contributed by atoms with Gasteiger partial charge in [-0.2, -0.15) is 5.26 Å². The number of aromatic nitrogens is 4. The number of nitrogens with one attached hydrogen (secondary N) is 1. The summed E-state index contributed by atoms with van der Waals surface area (Å²) in [7, 11) is 0. The van der Waals surface area contributed by atoms with Gasteiger partial charge in [0.15, 0.2) is 0 Å². The van der Waals surface area contributed by atoms with Gasteiger partial charge in [-0.15, -0.1) is 5.10 Å². The molecule has 0 spiro atoms. The van der Waals surface area contributed by atoms with Gasteiger partial charge in [-0.25, -0.2) is 9.97 Å². The molecule has 3 heterocycles. The minimum atomic E-state index is 0.336. The zero-order chi connectivity index (χ0) is 26.9. The third kappa shape index (κ3) is 7.12. The predicted octanol–water partition coefficient (Wildman–Crippen LogP) is 4.58. The van der Waals surface area contributed by atoms with Gasteiger partial charge in [-0.1, -0.05) is 12.1 Å². The Morgan fingerprint density at radius 3 is 2.41 bits per heavy atom. The molecule has 0 bridgehead atoms. The Balaban J connectivity index is 1.26. The van der Waals surface area contributed by atoms with Crippen molar-refractivity contribution in [2.45, 2.75) is 51.1 Å². The summed E-state index contributed by atoms with van der Waals surface area (Å²) in [6, 6.07) is 10.5. The van der Waals surface area contributed by atoms with E-state index >= 15 is 0 Å². The molecule has 1 aliphatic heterocycles. The van der Waals surface area contributed by atoms with E-state index in [-0.39, 0.29) is 0 Å². The Labute approximate surface area is 229 Å². The van der Waals surface area contributed by atoms with Gasteiger partial charge in [0.05, 0.1) is 43.7 Å². The van der Waals surface area contributed by atoms with E-state index < -0.39 is 0 Å². The number of hydrogen-bond acceptors (Lipinski definition) is 9. The van der Waals surface area contributed by atoms with Gasteiger partial charge in [-0.3, -0.25) is 9.58 Å². The summed E-state index contributed by atoms with van der Waals surface area (Å²) in [5, 5.41) is 17.2. The van der Waals surface area contributed by atoms with Crippen LogP contribution in [-0.4, -0.2) is 76.8 Å². The fraction of sp³-hybridized carbons (Fsp3) is 0.517. The van der Waals surface area contributed by atoms with E-state index in [9.17, 15) is 0 Å². The molecule has 39 heavy (non-hydrogen) atoms. The first kappa shape index (κ1) is 27.1. The molecular formula is C29H37N7O3. The lowest BCUT2D eigenvalue weighted by molar-refractivity contribution is 0.00502. The monoisotopic (exact) mass is 531 g/mol. The molecule has 0 radical (unpaired) electrons. The molecule has 0 unspecified atom stereocenters. The smallest absolute Gasteiger partial charge is 0.256 e. The highest BCUT2D eigenvalue weighted by atomic mass is 16.5. The molecule has 10 heteroatoms. The number of ether oxygens (including phenoxy) is 3. The van der Waals surface area contributed by atoms with E-state index in [0.29, 0.717) is 49.3 Å². The normalized spacial score (nSPS) is 19.9. The Bertz CT molecular complexity index is 1210. The third-order valence-corrected chi connectivity index (χ3v) is 7.42. The molecule has 1 aliphatic carbocycles. The largest absolute Gasteiger partial charge is 0.475 e. The summed E-state index contributed by atoms with van der Waals surface area (Å²) < 4.78 is 19.1. The maximum atomic E-state index is 9.03. The van der Waals surface area contributed by atoms with Crippen molar-refractivity contribution >= 4 is 11.6 Å². The molecule has 2 aliphatic rings. The number of nitriles is 1. The lowest BCUT2D eigenvalue weighted by atomic mass is 9.90. The first-order chi connectivity index (χ1) is 19.2. The maximum absolute atomic E-state index is 9.03. The molecule has 1 N–H and O–H groups in total. The second kappa shape index (κ2) is 13.5. The first-order valence-corrected chi connectivity index (χ1v) is 13.9. The number of anilines is 2. The quantitative estimate of drug-likeness (QED) is 0.356. The van der Waals surface area contributed by atoms with Crippen LogP contribution in [0.1, 0.15) is 50.6 Å². The van der Waals surface area contributed by atoms with Crippen LogP contribution in [0.5, 0.6) is 5.88 Å². The number of morpholine rings is 1. The molecule has 3 aromatic rings. The number of rotatable bonds is 11. The fourth-order valence-electron chi connectivity index (χ4n) is 5.26. The van der Waals surface area contributed by atoms with Crippen LogP contribution in [0, 0.1) is 11.3 Å². The molecule has 5 rings (SSSR count). The van der Waals surface area contributed by atoms with Gasteiger partial charge in [0, 0.05) is 56.7 Å². The van der Waals surface area contributed by atoms with Crippen LogP contribution < -0.4 is 10.1 Å². The zero-order valence-corrected chi connectivity index (χ0v) is 22.6. The van der Waals surface area contributed by atoms with Crippen molar-refractivity contribution in [1.82, 2.24) is 24.6 Å². The Morgan fingerprint density at radius 1 is 1.00 bits per heavy atom. The summed E-state index contributed by atoms with van der Waals surface area (Å²) in [4.78, 5) is 11.6. The van der Waals surface area contributed by atoms with Crippen LogP contribution in [0.25, 0.3) is 11.1 Å². The average molecular weight is 532 g/mol. The molecule has 2 aromatic heterocycles. The van der Waals surface area contributed by atoms with Gasteiger partial charge < -0.3 is 19.5 Å². The van der Waals surface area contributed by atoms with Crippen molar-refractivity contribution in [1.29, 1.82) is 5.26 Å². The maximum Gasteiger partial charge on any atom is 0.256 e. The second-order valence-electron chi connectivity index (χ2n) is 9.95. The van der Waals surface area contributed by atoms with E-state index in [2.05, 4.69) is 30.9 Å². The van der Waals surface area contributed by atoms with Crippen molar-refractivity contribution < 1.29 is 14.2 Å². The Hall–Kier alpha value is -3.52. The molecule has 1 saturated carbocycles. The van der Waals surface area contributed by atoms with Crippen LogP contribution in [0.15, 0.2) is 42.9 Å². The molecule has 0 atom stereocenters. The summed E-state index contributed by atoms with van der Waals surface area (Å²) in [6.45, 7) is 7.63. The molecular weight excluding hydrogens is 494 g/mol. The topological polar surface area (TPSA) is 110 Å². The molecule has 10 nitrogen and oxygen atoms in total. The Morgan fingerprint density at radius 2 is 1.72 bits per heavy atom. The van der Waals surface area contributed by atoms with Gasteiger partial charge >= 0.3 is 0 Å². The highest BCUT2D eigenvalue weighted by molar-refractivity contribution is 5.64. The minimum Gasteiger partial charge on any atom is -0.475 e. The Kier molecular flexibility index (Phi) is 9.38. The van der Waals surface area contributed by atoms with Crippen LogP contribution in [0.2, 0.25) is 0 Å². The van der Waals surface area contributed by atoms with Gasteiger partial charge in [-0.05, 0) is 50.3 Å². The number of benzene rings is 1. The molecule has 2 fully saturated rings. The highest BCUT2D eigenvalue weighted by Crippen LogP contribution is 2.34. The van der Waals surface area contributed by atoms with Crippen molar-refractivity contribution in [3.63, 3.8) is 0 Å². The van der Waals surface area contributed by atoms with E-state index in [0.717, 1.165) is 75.2 Å². The van der Waals surface area contributed by atoms with Crippen LogP contribution in [0.4, 0.5) is 11.6 Å². The first-order valence-electron chi connectivity index (χ1n) is 13.9. The lowest BCUT2D eigenvalue weighted by Crippen LogP contribution is -2.45. The zero-order valence-electron chi connectivity index (χ0n) is 22.6. The van der Waals surface area contributed by atoms with Gasteiger partial charge in [0.2, 0.25) is 5.95 Å². The standard InChI is InChI=1S/C29H37N7O3/c1-2-37-14-3-15-39-28-27(33-29-31-19-24(20-32-29)23-6-4-22(18-30)5-7-23)21-36(34-28)26-10-8-25(9-11-26)35-12-16-38-17-13-35/h4-7,19-21,25-26H,2-3,8-17H2,1H3,(H,31,32,33). The predicted molar refractivity (Wildman–Crippen MR) is 148 cm³/mol. The summed E-state index contributed by atoms with van der Waals surface area (Å²) in [5.41, 5.74) is 3.22. The molecule has 1 aromatic carbocycles. The number of nitrogens with zero attached hydrogens (tertiary/aromatic N) is 6. The van der Waals surface area contributed by atoms with Crippen molar-refractivity contribution in [3.05, 3.63) is 48.4 Å². The molecule has 206 valence electrons. The summed E-state index contributed by atoms with van der Waals surface area (Å²) in [5.74, 6) is 1.03. The fourth-order valence-corrected chi connectivity index (χ4v) is 5.26. The van der Waals surface area contributed by atoms with Crippen LogP contribution in [0.3, 0.4) is 0 Å². The van der Waals surface area contributed by atoms with Crippen molar-refractivity contribution in [3.8, 4) is 23.1 Å². The minimum absolute atomic E-state index is 0.336. The van der Waals surface area contributed by atoms with Crippen molar-refractivity contribution in [2.75, 3.05) is 51.4 Å². The highest BCUT2D eigenvalue weighted by Gasteiger charge is 2.29. The summed E-state index contributed by atoms with van der Waals surface area (Å²) in [6.07, 6.45) is 10.9. The van der Waals surface area contributed by atoms with Gasteiger partial charge in [0.1, 0.15) is 5.69 Å². The van der Waals surface area contributed by atoms with Gasteiger partial charge in [0.25, 0.3) is 5.88 Å². The average Bonchev–Trinajstić information content (AvgIpc) is 3.40. The SMILES string of the molecule is CCOCCCOc1nn(C2CCC(N3CCOCC3)CC2)cc1Nc1ncc(-c2ccc(C#N)cc2)cn1. The van der Waals surface area contributed by atoms with E-state index in [1.54, 1.807) is 24.5 Å². The van der Waals surface area contributed by atoms with Crippen molar-refractivity contribution in [2.24, 2.45) is 0 Å². The van der Waals surface area contributed by atoms with E-state index in [4.69, 9.17) is 24.6 Å². The molecule has 0 amide bonds. The third-order valence-electron chi connectivity index (χ3n) is 7.42. The number of hydrogen-bond donors (Lipinski definition) is 1. The van der Waals surface area contributed by atoms with Crippen LogP contribution in [-0.2, 0) is 9.47 Å². The van der Waals surface area contributed by atoms with E-state index in [1.165, 1.54) is 0 Å².